The lowest BCUT2D eigenvalue weighted by molar-refractivity contribution is 0.326. The summed E-state index contributed by atoms with van der Waals surface area (Å²) in [5, 5.41) is 5.07. The molecule has 0 radical (unpaired) electrons. The Hall–Kier alpha value is -3.22. The standard InChI is InChI=1S/C22H15Cl2N3O3/c23-13-1-6-16(24)19(11-13)29-14-2-4-15(5-3-14)30-22-20-17(26-12-27-22)7-8-18-21(20)28-10-9-25-18/h1-8,11-12,25H,9-10H2. The number of hydrogen-bond donors (Lipinski definition) is 1. The van der Waals surface area contributed by atoms with Crippen LogP contribution in [0.15, 0.2) is 60.9 Å². The number of benzene rings is 3. The minimum Gasteiger partial charge on any atom is -0.489 e. The van der Waals surface area contributed by atoms with E-state index in [1.54, 1.807) is 42.5 Å². The van der Waals surface area contributed by atoms with Crippen LogP contribution in [0.2, 0.25) is 10.0 Å². The van der Waals surface area contributed by atoms with Gasteiger partial charge in [0.05, 0.1) is 16.2 Å². The van der Waals surface area contributed by atoms with Crippen LogP contribution in [0.3, 0.4) is 0 Å². The van der Waals surface area contributed by atoms with Crippen molar-refractivity contribution in [2.75, 3.05) is 18.5 Å². The summed E-state index contributed by atoms with van der Waals surface area (Å²) in [6.45, 7) is 1.32. The van der Waals surface area contributed by atoms with Crippen molar-refractivity contribution in [1.82, 2.24) is 9.97 Å². The minimum absolute atomic E-state index is 0.423. The first kappa shape index (κ1) is 18.8. The molecule has 0 saturated heterocycles. The van der Waals surface area contributed by atoms with E-state index in [4.69, 9.17) is 37.4 Å². The normalized spacial score (nSPS) is 12.6. The van der Waals surface area contributed by atoms with Gasteiger partial charge in [-0.25, -0.2) is 9.97 Å². The van der Waals surface area contributed by atoms with Crippen molar-refractivity contribution in [2.45, 2.75) is 0 Å². The molecule has 30 heavy (non-hydrogen) atoms. The maximum absolute atomic E-state index is 6.16. The summed E-state index contributed by atoms with van der Waals surface area (Å²) in [7, 11) is 0. The Kier molecular flexibility index (Phi) is 4.94. The van der Waals surface area contributed by atoms with Gasteiger partial charge in [-0.3, -0.25) is 0 Å². The number of ether oxygens (including phenoxy) is 3. The van der Waals surface area contributed by atoms with Crippen LogP contribution in [0, 0.1) is 0 Å². The molecule has 1 aliphatic rings. The zero-order chi connectivity index (χ0) is 20.5. The highest BCUT2D eigenvalue weighted by molar-refractivity contribution is 6.34. The Labute approximate surface area is 182 Å². The van der Waals surface area contributed by atoms with Crippen LogP contribution in [0.1, 0.15) is 0 Å². The number of halogens is 2. The van der Waals surface area contributed by atoms with Gasteiger partial charge in [0.2, 0.25) is 5.88 Å². The van der Waals surface area contributed by atoms with E-state index in [-0.39, 0.29) is 0 Å². The van der Waals surface area contributed by atoms with E-state index in [9.17, 15) is 0 Å². The summed E-state index contributed by atoms with van der Waals surface area (Å²) >= 11 is 12.2. The summed E-state index contributed by atoms with van der Waals surface area (Å²) in [6, 6.07) is 16.1. The van der Waals surface area contributed by atoms with E-state index >= 15 is 0 Å². The smallest absolute Gasteiger partial charge is 0.234 e. The number of nitrogens with one attached hydrogen (secondary N) is 1. The highest BCUT2D eigenvalue weighted by atomic mass is 35.5. The van der Waals surface area contributed by atoms with Crippen molar-refractivity contribution < 1.29 is 14.2 Å². The molecule has 8 heteroatoms. The first-order valence-corrected chi connectivity index (χ1v) is 9.98. The van der Waals surface area contributed by atoms with Gasteiger partial charge in [0.1, 0.15) is 35.6 Å². The molecule has 0 saturated carbocycles. The number of rotatable bonds is 4. The zero-order valence-corrected chi connectivity index (χ0v) is 17.1. The molecule has 0 amide bonds. The van der Waals surface area contributed by atoms with E-state index in [0.29, 0.717) is 45.5 Å². The summed E-state index contributed by atoms with van der Waals surface area (Å²) in [6.07, 6.45) is 1.47. The van der Waals surface area contributed by atoms with Crippen molar-refractivity contribution in [2.24, 2.45) is 0 Å². The molecule has 0 spiro atoms. The summed E-state index contributed by atoms with van der Waals surface area (Å²) < 4.78 is 17.7. The van der Waals surface area contributed by atoms with E-state index in [0.717, 1.165) is 23.1 Å². The minimum atomic E-state index is 0.423. The number of anilines is 1. The first-order chi connectivity index (χ1) is 14.7. The third-order valence-corrected chi connectivity index (χ3v) is 5.09. The summed E-state index contributed by atoms with van der Waals surface area (Å²) in [4.78, 5) is 8.64. The van der Waals surface area contributed by atoms with Gasteiger partial charge in [-0.15, -0.1) is 0 Å². The maximum Gasteiger partial charge on any atom is 0.234 e. The molecule has 2 heterocycles. The third-order valence-electron chi connectivity index (χ3n) is 4.54. The Morgan fingerprint density at radius 3 is 2.53 bits per heavy atom. The third kappa shape index (κ3) is 3.67. The van der Waals surface area contributed by atoms with Crippen LogP contribution < -0.4 is 19.5 Å². The molecule has 6 nitrogen and oxygen atoms in total. The molecule has 3 aromatic carbocycles. The molecule has 4 aromatic rings. The van der Waals surface area contributed by atoms with Gasteiger partial charge >= 0.3 is 0 Å². The number of fused-ring (bicyclic) bond motifs is 3. The van der Waals surface area contributed by atoms with Crippen molar-refractivity contribution >= 4 is 39.8 Å². The van der Waals surface area contributed by atoms with Crippen molar-refractivity contribution in [3.8, 4) is 28.9 Å². The Bertz CT molecular complexity index is 1230. The van der Waals surface area contributed by atoms with Crippen molar-refractivity contribution in [1.29, 1.82) is 0 Å². The molecule has 0 aliphatic carbocycles. The molecular weight excluding hydrogens is 425 g/mol. The number of nitrogens with zero attached hydrogens (tertiary/aromatic N) is 2. The highest BCUT2D eigenvalue weighted by Crippen LogP contribution is 2.40. The van der Waals surface area contributed by atoms with Gasteiger partial charge in [0.15, 0.2) is 5.75 Å². The van der Waals surface area contributed by atoms with Gasteiger partial charge in [-0.1, -0.05) is 23.2 Å². The monoisotopic (exact) mass is 439 g/mol. The lowest BCUT2D eigenvalue weighted by Gasteiger charge is -2.21. The predicted molar refractivity (Wildman–Crippen MR) is 117 cm³/mol. The van der Waals surface area contributed by atoms with Crippen molar-refractivity contribution in [3.05, 3.63) is 71.0 Å². The number of hydrogen-bond acceptors (Lipinski definition) is 6. The molecule has 0 atom stereocenters. The van der Waals surface area contributed by atoms with Crippen LogP contribution in [0.25, 0.3) is 10.9 Å². The van der Waals surface area contributed by atoms with Crippen LogP contribution in [-0.2, 0) is 0 Å². The summed E-state index contributed by atoms with van der Waals surface area (Å²) in [5.41, 5.74) is 1.65. The zero-order valence-electron chi connectivity index (χ0n) is 15.6. The first-order valence-electron chi connectivity index (χ1n) is 9.22. The molecule has 1 aromatic heterocycles. The Balaban J connectivity index is 1.42. The molecule has 150 valence electrons. The molecule has 1 aliphatic heterocycles. The van der Waals surface area contributed by atoms with Crippen molar-refractivity contribution in [3.63, 3.8) is 0 Å². The van der Waals surface area contributed by atoms with E-state index in [1.165, 1.54) is 6.33 Å². The van der Waals surface area contributed by atoms with Gasteiger partial charge in [0, 0.05) is 17.6 Å². The van der Waals surface area contributed by atoms with E-state index < -0.39 is 0 Å². The fourth-order valence-electron chi connectivity index (χ4n) is 3.17. The second-order valence-electron chi connectivity index (χ2n) is 6.54. The Morgan fingerprint density at radius 1 is 0.900 bits per heavy atom. The van der Waals surface area contributed by atoms with Gasteiger partial charge in [-0.05, 0) is 48.5 Å². The van der Waals surface area contributed by atoms with Gasteiger partial charge in [-0.2, -0.15) is 0 Å². The molecule has 5 rings (SSSR count). The lowest BCUT2D eigenvalue weighted by Crippen LogP contribution is -2.18. The fourth-order valence-corrected chi connectivity index (χ4v) is 3.49. The molecule has 0 unspecified atom stereocenters. The molecule has 0 fully saturated rings. The average molecular weight is 440 g/mol. The number of aromatic nitrogens is 2. The van der Waals surface area contributed by atoms with E-state index in [2.05, 4.69) is 15.3 Å². The van der Waals surface area contributed by atoms with E-state index in [1.807, 2.05) is 12.1 Å². The van der Waals surface area contributed by atoms with Crippen LogP contribution in [0.4, 0.5) is 5.69 Å². The lowest BCUT2D eigenvalue weighted by atomic mass is 10.1. The topological polar surface area (TPSA) is 65.5 Å². The largest absolute Gasteiger partial charge is 0.489 e. The SMILES string of the molecule is Clc1ccc(Cl)c(Oc2ccc(Oc3ncnc4ccc5c(c34)OCCN5)cc2)c1. The summed E-state index contributed by atoms with van der Waals surface area (Å²) in [5.74, 6) is 2.80. The molecular formula is C22H15Cl2N3O3. The van der Waals surface area contributed by atoms with Crippen LogP contribution >= 0.6 is 23.2 Å². The van der Waals surface area contributed by atoms with Gasteiger partial charge < -0.3 is 19.5 Å². The quantitative estimate of drug-likeness (QED) is 0.400. The van der Waals surface area contributed by atoms with Gasteiger partial charge in [0.25, 0.3) is 0 Å². The fraction of sp³-hybridized carbons (Fsp3) is 0.0909. The molecule has 0 bridgehead atoms. The Morgan fingerprint density at radius 2 is 1.70 bits per heavy atom. The molecule has 1 N–H and O–H groups in total. The second-order valence-corrected chi connectivity index (χ2v) is 7.38. The maximum atomic E-state index is 6.16. The predicted octanol–water partition coefficient (Wildman–Crippen LogP) is 6.33. The van der Waals surface area contributed by atoms with Crippen LogP contribution in [-0.4, -0.2) is 23.1 Å². The highest BCUT2D eigenvalue weighted by Gasteiger charge is 2.19. The second kappa shape index (κ2) is 7.89. The average Bonchev–Trinajstić information content (AvgIpc) is 2.77. The van der Waals surface area contributed by atoms with Crippen LogP contribution in [0.5, 0.6) is 28.9 Å².